The van der Waals surface area contributed by atoms with E-state index in [1.807, 2.05) is 17.8 Å². The van der Waals surface area contributed by atoms with Gasteiger partial charge in [-0.2, -0.15) is 0 Å². The van der Waals surface area contributed by atoms with Crippen LogP contribution in [0.5, 0.6) is 0 Å². The summed E-state index contributed by atoms with van der Waals surface area (Å²) >= 11 is 1.97. The largest absolute Gasteiger partial charge is 0.468 e. The lowest BCUT2D eigenvalue weighted by Gasteiger charge is -2.41. The maximum Gasteiger partial charge on any atom is 0.113 e. The highest BCUT2D eigenvalue weighted by molar-refractivity contribution is 7.99. The van der Waals surface area contributed by atoms with Crippen molar-refractivity contribution in [3.8, 4) is 0 Å². The molecule has 108 valence electrons. The van der Waals surface area contributed by atoms with Gasteiger partial charge in [-0.3, -0.25) is 0 Å². The quantitative estimate of drug-likeness (QED) is 0.867. The van der Waals surface area contributed by atoms with E-state index in [4.69, 9.17) is 10.2 Å². The van der Waals surface area contributed by atoms with Gasteiger partial charge in [0.2, 0.25) is 0 Å². The molecule has 2 rings (SSSR count). The number of furan rings is 1. The molecule has 1 aromatic rings. The molecule has 0 radical (unpaired) electrons. The van der Waals surface area contributed by atoms with Crippen molar-refractivity contribution in [3.05, 3.63) is 24.2 Å². The Kier molecular flexibility index (Phi) is 5.02. The van der Waals surface area contributed by atoms with E-state index in [0.717, 1.165) is 17.4 Å². The lowest BCUT2D eigenvalue weighted by molar-refractivity contribution is 0.148. The Morgan fingerprint density at radius 1 is 1.42 bits per heavy atom. The van der Waals surface area contributed by atoms with Gasteiger partial charge in [-0.1, -0.05) is 27.2 Å². The van der Waals surface area contributed by atoms with Crippen LogP contribution in [0.1, 0.15) is 52.2 Å². The molecule has 0 aromatic carbocycles. The van der Waals surface area contributed by atoms with Crippen LogP contribution in [0.2, 0.25) is 0 Å². The van der Waals surface area contributed by atoms with Crippen LogP contribution in [-0.2, 0) is 5.75 Å². The van der Waals surface area contributed by atoms with Gasteiger partial charge < -0.3 is 10.2 Å². The summed E-state index contributed by atoms with van der Waals surface area (Å²) in [6.07, 6.45) is 6.72. The first kappa shape index (κ1) is 15.0. The zero-order valence-corrected chi connectivity index (χ0v) is 13.2. The highest BCUT2D eigenvalue weighted by Crippen LogP contribution is 2.43. The molecule has 1 aliphatic rings. The van der Waals surface area contributed by atoms with E-state index in [9.17, 15) is 0 Å². The summed E-state index contributed by atoms with van der Waals surface area (Å²) in [7, 11) is 0. The summed E-state index contributed by atoms with van der Waals surface area (Å²) in [4.78, 5) is 0. The van der Waals surface area contributed by atoms with Crippen LogP contribution in [0.3, 0.4) is 0 Å². The molecule has 0 bridgehead atoms. The highest BCUT2D eigenvalue weighted by atomic mass is 32.2. The predicted molar refractivity (Wildman–Crippen MR) is 83.2 cm³/mol. The second-order valence-corrected chi connectivity index (χ2v) is 7.67. The lowest BCUT2D eigenvalue weighted by atomic mass is 9.69. The minimum atomic E-state index is 0.351. The smallest absolute Gasteiger partial charge is 0.113 e. The minimum absolute atomic E-state index is 0.351. The van der Waals surface area contributed by atoms with Crippen LogP contribution < -0.4 is 5.73 Å². The molecule has 3 atom stereocenters. The van der Waals surface area contributed by atoms with Crippen LogP contribution in [0.25, 0.3) is 0 Å². The highest BCUT2D eigenvalue weighted by Gasteiger charge is 2.36. The fourth-order valence-corrected chi connectivity index (χ4v) is 4.22. The summed E-state index contributed by atoms with van der Waals surface area (Å²) in [6.45, 7) is 7.12. The zero-order valence-electron chi connectivity index (χ0n) is 12.4. The Hall–Kier alpha value is -0.410. The number of thioether (sulfide) groups is 1. The van der Waals surface area contributed by atoms with E-state index in [1.165, 1.54) is 25.7 Å². The maximum absolute atomic E-state index is 6.31. The number of nitrogens with two attached hydrogens (primary N) is 1. The first-order valence-electron chi connectivity index (χ1n) is 7.42. The third-order valence-corrected chi connectivity index (χ3v) is 6.30. The standard InChI is InChI=1S/C16H27NOS/c1-4-16(2,3)12-7-8-14(17)15(10-12)19-11-13-6-5-9-18-13/h5-6,9,12,14-15H,4,7-8,10-11,17H2,1-3H3. The molecule has 1 saturated carbocycles. The average Bonchev–Trinajstić information content (AvgIpc) is 2.90. The van der Waals surface area contributed by atoms with E-state index >= 15 is 0 Å². The summed E-state index contributed by atoms with van der Waals surface area (Å²) in [6, 6.07) is 4.36. The molecule has 3 unspecified atom stereocenters. The molecular weight excluding hydrogens is 254 g/mol. The summed E-state index contributed by atoms with van der Waals surface area (Å²) in [5.41, 5.74) is 6.76. The second kappa shape index (κ2) is 6.36. The van der Waals surface area contributed by atoms with Crippen molar-refractivity contribution in [2.24, 2.45) is 17.1 Å². The predicted octanol–water partition coefficient (Wildman–Crippen LogP) is 4.45. The normalized spacial score (nSPS) is 28.5. The maximum atomic E-state index is 6.31. The van der Waals surface area contributed by atoms with Gasteiger partial charge in [0.15, 0.2) is 0 Å². The monoisotopic (exact) mass is 281 g/mol. The molecule has 0 saturated heterocycles. The summed E-state index contributed by atoms with van der Waals surface area (Å²) < 4.78 is 5.41. The molecule has 19 heavy (non-hydrogen) atoms. The molecule has 1 aromatic heterocycles. The van der Waals surface area contributed by atoms with Crippen LogP contribution in [0, 0.1) is 11.3 Å². The van der Waals surface area contributed by atoms with Gasteiger partial charge in [-0.15, -0.1) is 11.8 Å². The van der Waals surface area contributed by atoms with Gasteiger partial charge in [0.05, 0.1) is 12.0 Å². The van der Waals surface area contributed by atoms with Gasteiger partial charge >= 0.3 is 0 Å². The van der Waals surface area contributed by atoms with Gasteiger partial charge in [0.1, 0.15) is 5.76 Å². The van der Waals surface area contributed by atoms with Gasteiger partial charge in [-0.25, -0.2) is 0 Å². The molecule has 0 spiro atoms. The average molecular weight is 281 g/mol. The van der Waals surface area contributed by atoms with Crippen LogP contribution in [0.15, 0.2) is 22.8 Å². The first-order valence-corrected chi connectivity index (χ1v) is 8.47. The lowest BCUT2D eigenvalue weighted by Crippen LogP contribution is -2.42. The third-order valence-electron chi connectivity index (χ3n) is 4.88. The van der Waals surface area contributed by atoms with Gasteiger partial charge in [0, 0.05) is 11.3 Å². The van der Waals surface area contributed by atoms with E-state index in [2.05, 4.69) is 26.8 Å². The fraction of sp³-hybridized carbons (Fsp3) is 0.750. The molecule has 1 aliphatic carbocycles. The van der Waals surface area contributed by atoms with Crippen molar-refractivity contribution in [2.45, 2.75) is 63.5 Å². The molecule has 2 nitrogen and oxygen atoms in total. The number of rotatable bonds is 5. The fourth-order valence-electron chi connectivity index (χ4n) is 2.93. The summed E-state index contributed by atoms with van der Waals surface area (Å²) in [5.74, 6) is 2.82. The van der Waals surface area contributed by atoms with Crippen LogP contribution in [-0.4, -0.2) is 11.3 Å². The number of hydrogen-bond donors (Lipinski definition) is 1. The first-order chi connectivity index (χ1) is 9.03. The Morgan fingerprint density at radius 2 is 2.21 bits per heavy atom. The molecule has 2 N–H and O–H groups in total. The molecule has 0 amide bonds. The van der Waals surface area contributed by atoms with Crippen molar-refractivity contribution in [1.82, 2.24) is 0 Å². The SMILES string of the molecule is CCC(C)(C)C1CCC(N)C(SCc2ccco2)C1. The van der Waals surface area contributed by atoms with Crippen molar-refractivity contribution in [2.75, 3.05) is 0 Å². The molecule has 1 fully saturated rings. The Balaban J connectivity index is 1.91. The van der Waals surface area contributed by atoms with Crippen LogP contribution in [0.4, 0.5) is 0 Å². The third kappa shape index (κ3) is 3.79. The van der Waals surface area contributed by atoms with Crippen LogP contribution >= 0.6 is 11.8 Å². The zero-order chi connectivity index (χ0) is 13.9. The molecular formula is C16H27NOS. The van der Waals surface area contributed by atoms with Crippen molar-refractivity contribution in [3.63, 3.8) is 0 Å². The van der Waals surface area contributed by atoms with Crippen molar-refractivity contribution < 1.29 is 4.42 Å². The minimum Gasteiger partial charge on any atom is -0.468 e. The van der Waals surface area contributed by atoms with E-state index < -0.39 is 0 Å². The van der Waals surface area contributed by atoms with Crippen molar-refractivity contribution >= 4 is 11.8 Å². The Morgan fingerprint density at radius 3 is 2.84 bits per heavy atom. The second-order valence-electron chi connectivity index (χ2n) is 6.44. The van der Waals surface area contributed by atoms with E-state index in [0.29, 0.717) is 16.7 Å². The topological polar surface area (TPSA) is 39.2 Å². The molecule has 3 heteroatoms. The number of hydrogen-bond acceptors (Lipinski definition) is 3. The molecule has 0 aliphatic heterocycles. The Labute approximate surface area is 121 Å². The van der Waals surface area contributed by atoms with E-state index in [1.54, 1.807) is 6.26 Å². The van der Waals surface area contributed by atoms with Gasteiger partial charge in [0.25, 0.3) is 0 Å². The Bertz CT molecular complexity index is 374. The van der Waals surface area contributed by atoms with Gasteiger partial charge in [-0.05, 0) is 42.7 Å². The van der Waals surface area contributed by atoms with E-state index in [-0.39, 0.29) is 0 Å². The summed E-state index contributed by atoms with van der Waals surface area (Å²) in [5, 5.41) is 0.578. The van der Waals surface area contributed by atoms with Crippen molar-refractivity contribution in [1.29, 1.82) is 0 Å². The molecule has 1 heterocycles.